The number of carboxylic acids is 2. The molecule has 0 heterocycles. The quantitative estimate of drug-likeness (QED) is 0.173. The van der Waals surface area contributed by atoms with Crippen LogP contribution in [-0.4, -0.2) is 36.4 Å². The average Bonchev–Trinajstić information content (AvgIpc) is 3.49. The van der Waals surface area contributed by atoms with E-state index in [1.807, 2.05) is 0 Å². The van der Waals surface area contributed by atoms with E-state index in [1.165, 1.54) is 103 Å². The number of allylic oxidation sites excluding steroid dienone is 1. The molecule has 0 amide bonds. The summed E-state index contributed by atoms with van der Waals surface area (Å²) in [7, 11) is 2.78. The molecular formula is C47H67Cl2NO6. The highest BCUT2D eigenvalue weighted by molar-refractivity contribution is 6.33. The van der Waals surface area contributed by atoms with Crippen LogP contribution >= 0.6 is 23.2 Å². The first kappa shape index (κ1) is 44.4. The van der Waals surface area contributed by atoms with Crippen molar-refractivity contribution in [2.45, 2.75) is 125 Å². The Balaban J connectivity index is 0.00000600. The van der Waals surface area contributed by atoms with Gasteiger partial charge < -0.3 is 25.8 Å². The average molecular weight is 813 g/mol. The minimum absolute atomic E-state index is 0. The molecule has 9 heteroatoms. The predicted octanol–water partition coefficient (Wildman–Crippen LogP) is 13.5. The van der Waals surface area contributed by atoms with Crippen molar-refractivity contribution in [1.29, 1.82) is 0 Å². The Morgan fingerprint density at radius 1 is 0.804 bits per heavy atom. The molecule has 4 aliphatic carbocycles. The number of benzene rings is 2. The number of hydrogen-bond acceptors (Lipinski definition) is 5. The maximum atomic E-state index is 12.3. The Morgan fingerprint density at radius 2 is 1.38 bits per heavy atom. The Morgan fingerprint density at radius 3 is 1.93 bits per heavy atom. The number of rotatable bonds is 14. The van der Waals surface area contributed by atoms with Crippen LogP contribution < -0.4 is 15.6 Å². The van der Waals surface area contributed by atoms with Crippen molar-refractivity contribution in [3.05, 3.63) is 62.6 Å². The van der Waals surface area contributed by atoms with Gasteiger partial charge in [-0.25, -0.2) is 9.59 Å². The van der Waals surface area contributed by atoms with Crippen LogP contribution in [0.25, 0.3) is 5.57 Å². The zero-order valence-electron chi connectivity index (χ0n) is 34.9. The molecule has 4 aliphatic rings. The van der Waals surface area contributed by atoms with E-state index in [4.69, 9.17) is 32.7 Å². The van der Waals surface area contributed by atoms with Crippen LogP contribution in [0.2, 0.25) is 10.0 Å². The number of ether oxygens (including phenoxy) is 2. The van der Waals surface area contributed by atoms with E-state index in [9.17, 15) is 19.8 Å². The molecule has 4 fully saturated rings. The minimum atomic E-state index is -1.17. The lowest BCUT2D eigenvalue weighted by Crippen LogP contribution is -2.53. The first-order valence-electron chi connectivity index (χ1n) is 21.0. The monoisotopic (exact) mass is 811 g/mol. The van der Waals surface area contributed by atoms with Crippen LogP contribution in [0, 0.1) is 58.2 Å². The van der Waals surface area contributed by atoms with Crippen molar-refractivity contribution in [2.75, 3.05) is 14.2 Å². The summed E-state index contributed by atoms with van der Waals surface area (Å²) in [5.41, 5.74) is 2.59. The van der Waals surface area contributed by atoms with Gasteiger partial charge in [-0.3, -0.25) is 0 Å². The van der Waals surface area contributed by atoms with Gasteiger partial charge in [-0.15, -0.1) is 0 Å². The fourth-order valence-corrected chi connectivity index (χ4v) is 13.3. The molecule has 2 aromatic carbocycles. The molecule has 0 spiro atoms. The van der Waals surface area contributed by atoms with Gasteiger partial charge in [-0.2, -0.15) is 0 Å². The third-order valence-electron chi connectivity index (χ3n) is 15.5. The molecule has 5 unspecified atom stereocenters. The number of hydrogen-bond donors (Lipinski definition) is 3. The molecule has 0 aliphatic heterocycles. The van der Waals surface area contributed by atoms with Crippen molar-refractivity contribution in [2.24, 2.45) is 58.2 Å². The summed E-state index contributed by atoms with van der Waals surface area (Å²) < 4.78 is 10.7. The number of carbonyl (C=O) groups is 2. The second kappa shape index (κ2) is 18.0. The lowest BCUT2D eigenvalue weighted by Gasteiger charge is -2.61. The Bertz CT molecular complexity index is 1700. The SMILES string of the molecule is COc1c(Cl)cc(C(=CCC[C@H]2CC[C@@]3(C)C(CC[C@@H]4C3CC[C@]3(C)C(C(C)CCCC(C)C)CCC43)C2)c2cc(Cl)c(OC)c(C(=O)O)c2)cc1C(=O)O.N. The van der Waals surface area contributed by atoms with Gasteiger partial charge in [0.2, 0.25) is 0 Å². The van der Waals surface area contributed by atoms with E-state index in [1.54, 1.807) is 12.1 Å². The maximum Gasteiger partial charge on any atom is 0.339 e. The third kappa shape index (κ3) is 8.52. The summed E-state index contributed by atoms with van der Waals surface area (Å²) in [6, 6.07) is 6.43. The van der Waals surface area contributed by atoms with Gasteiger partial charge in [0.25, 0.3) is 0 Å². The maximum absolute atomic E-state index is 12.3. The highest BCUT2D eigenvalue weighted by atomic mass is 35.5. The molecule has 0 aromatic heterocycles. The molecule has 7 nitrogen and oxygen atoms in total. The van der Waals surface area contributed by atoms with Crippen LogP contribution in [0.5, 0.6) is 11.5 Å². The van der Waals surface area contributed by atoms with Gasteiger partial charge in [0.05, 0.1) is 24.3 Å². The standard InChI is InChI=1S/C47H64Cl2O6.H3N/c1-27(2)10-8-11-28(3)37-16-17-38-34-15-14-32-22-29(18-20-46(32,4)39(34)19-21-47(37,38)5)12-9-13-33(30-23-35(44(50)51)42(54-6)40(48)25-30)31-24-36(45(52)53)43(55-7)41(49)26-31;/h13,23-29,32,34,37-39H,8-12,14-22H2,1-7H3,(H,50,51)(H,52,53);1H3/t28?,29-,32?,34-,37?,38?,39?,46-,47+;/m0./s1. The summed E-state index contributed by atoms with van der Waals surface area (Å²) in [6.45, 7) is 12.6. The van der Waals surface area contributed by atoms with Crippen LogP contribution in [0.3, 0.4) is 0 Å². The van der Waals surface area contributed by atoms with Crippen LogP contribution in [0.4, 0.5) is 0 Å². The highest BCUT2D eigenvalue weighted by Crippen LogP contribution is 2.69. The normalized spacial score (nSPS) is 30.0. The fourth-order valence-electron chi connectivity index (χ4n) is 12.7. The van der Waals surface area contributed by atoms with Crippen molar-refractivity contribution in [3.63, 3.8) is 0 Å². The molecule has 56 heavy (non-hydrogen) atoms. The van der Waals surface area contributed by atoms with Gasteiger partial charge in [0, 0.05) is 0 Å². The molecule has 4 saturated carbocycles. The van der Waals surface area contributed by atoms with E-state index in [0.29, 0.717) is 33.4 Å². The molecule has 0 radical (unpaired) electrons. The van der Waals surface area contributed by atoms with Gasteiger partial charge in [-0.05, 0) is 170 Å². The van der Waals surface area contributed by atoms with Crippen LogP contribution in [0.1, 0.15) is 156 Å². The summed E-state index contributed by atoms with van der Waals surface area (Å²) in [4.78, 5) is 24.5. The largest absolute Gasteiger partial charge is 0.494 e. The number of fused-ring (bicyclic) bond motifs is 5. The Kier molecular flexibility index (Phi) is 14.3. The molecule has 0 bridgehead atoms. The summed E-state index contributed by atoms with van der Waals surface area (Å²) in [5, 5.41) is 20.4. The van der Waals surface area contributed by atoms with Gasteiger partial charge in [0.15, 0.2) is 11.5 Å². The summed E-state index contributed by atoms with van der Waals surface area (Å²) in [6.07, 6.45) is 20.2. The fraction of sp³-hybridized carbons (Fsp3) is 0.660. The first-order valence-corrected chi connectivity index (χ1v) is 21.8. The summed E-state index contributed by atoms with van der Waals surface area (Å²) >= 11 is 13.2. The highest BCUT2D eigenvalue weighted by Gasteiger charge is 2.60. The molecule has 0 saturated heterocycles. The Hall–Kier alpha value is -2.74. The lowest BCUT2D eigenvalue weighted by molar-refractivity contribution is -0.121. The van der Waals surface area contributed by atoms with E-state index < -0.39 is 11.9 Å². The van der Waals surface area contributed by atoms with E-state index in [-0.39, 0.29) is 38.8 Å². The topological polar surface area (TPSA) is 128 Å². The molecule has 6 rings (SSSR count). The van der Waals surface area contributed by atoms with E-state index in [0.717, 1.165) is 54.3 Å². The van der Waals surface area contributed by atoms with Crippen molar-refractivity contribution in [1.82, 2.24) is 6.15 Å². The van der Waals surface area contributed by atoms with Crippen molar-refractivity contribution in [3.8, 4) is 11.5 Å². The zero-order chi connectivity index (χ0) is 39.8. The van der Waals surface area contributed by atoms with Gasteiger partial charge >= 0.3 is 11.9 Å². The van der Waals surface area contributed by atoms with Crippen molar-refractivity contribution < 1.29 is 29.3 Å². The first-order chi connectivity index (χ1) is 26.1. The van der Waals surface area contributed by atoms with E-state index in [2.05, 4.69) is 40.7 Å². The summed E-state index contributed by atoms with van der Waals surface area (Å²) in [5.74, 6) is 4.34. The number of methoxy groups -OCH3 is 2. The number of halogens is 2. The van der Waals surface area contributed by atoms with Gasteiger partial charge in [-0.1, -0.05) is 83.2 Å². The molecule has 5 N–H and O–H groups in total. The van der Waals surface area contributed by atoms with Gasteiger partial charge in [0.1, 0.15) is 11.1 Å². The molecule has 9 atom stereocenters. The second-order valence-electron chi connectivity index (χ2n) is 18.7. The second-order valence-corrected chi connectivity index (χ2v) is 19.5. The smallest absolute Gasteiger partial charge is 0.339 e. The third-order valence-corrected chi connectivity index (χ3v) is 16.0. The Labute approximate surface area is 345 Å². The van der Waals surface area contributed by atoms with E-state index >= 15 is 0 Å². The predicted molar refractivity (Wildman–Crippen MR) is 228 cm³/mol. The zero-order valence-corrected chi connectivity index (χ0v) is 36.4. The number of aromatic carboxylic acids is 2. The molecule has 310 valence electrons. The van der Waals surface area contributed by atoms with Crippen molar-refractivity contribution >= 4 is 40.7 Å². The lowest BCUT2D eigenvalue weighted by atomic mass is 9.44. The molecular weight excluding hydrogens is 745 g/mol. The van der Waals surface area contributed by atoms with Crippen LogP contribution in [0.15, 0.2) is 30.3 Å². The van der Waals surface area contributed by atoms with Crippen LogP contribution in [-0.2, 0) is 0 Å². The number of carboxylic acid groups (broad SMARTS) is 2. The minimum Gasteiger partial charge on any atom is -0.494 e. The molecule has 2 aromatic rings.